The zero-order valence-electron chi connectivity index (χ0n) is 17.8. The van der Waals surface area contributed by atoms with E-state index in [-0.39, 0.29) is 28.9 Å². The Hall–Kier alpha value is -3.59. The molecule has 1 fully saturated rings. The minimum absolute atomic E-state index is 0.0185. The SMILES string of the molecule is COC(=O)C1=C(N)Oc2cc(C)[nH]c(=O)c2C12C(=O)N(CC1CCCO1)c1ccccc12. The molecule has 0 bridgehead atoms. The van der Waals surface area contributed by atoms with Crippen molar-refractivity contribution in [3.05, 3.63) is 69.0 Å². The summed E-state index contributed by atoms with van der Waals surface area (Å²) in [5, 5.41) is 0. The molecule has 9 heteroatoms. The monoisotopic (exact) mass is 437 g/mol. The summed E-state index contributed by atoms with van der Waals surface area (Å²) in [5.74, 6) is -1.43. The minimum Gasteiger partial charge on any atom is -0.465 e. The van der Waals surface area contributed by atoms with Gasteiger partial charge in [0, 0.05) is 29.6 Å². The van der Waals surface area contributed by atoms with Gasteiger partial charge in [-0.25, -0.2) is 4.79 Å². The number of anilines is 1. The molecule has 3 aliphatic rings. The molecule has 1 saturated heterocycles. The first-order valence-corrected chi connectivity index (χ1v) is 10.4. The van der Waals surface area contributed by atoms with Gasteiger partial charge < -0.3 is 29.8 Å². The zero-order valence-corrected chi connectivity index (χ0v) is 17.8. The number of aromatic nitrogens is 1. The van der Waals surface area contributed by atoms with Crippen LogP contribution in [0.4, 0.5) is 5.69 Å². The third-order valence-electron chi connectivity index (χ3n) is 6.31. The number of para-hydroxylation sites is 1. The van der Waals surface area contributed by atoms with E-state index in [4.69, 9.17) is 19.9 Å². The predicted octanol–water partition coefficient (Wildman–Crippen LogP) is 1.23. The number of aryl methyl sites for hydroxylation is 1. The van der Waals surface area contributed by atoms with Gasteiger partial charge >= 0.3 is 5.97 Å². The maximum atomic E-state index is 14.3. The van der Waals surface area contributed by atoms with Crippen LogP contribution in [0, 0.1) is 6.92 Å². The molecule has 0 aliphatic carbocycles. The number of esters is 1. The summed E-state index contributed by atoms with van der Waals surface area (Å²) in [6.07, 6.45) is 1.59. The molecule has 0 saturated carbocycles. The molecule has 32 heavy (non-hydrogen) atoms. The van der Waals surface area contributed by atoms with E-state index in [9.17, 15) is 14.4 Å². The number of nitrogens with one attached hydrogen (secondary N) is 1. The number of nitrogens with two attached hydrogens (primary N) is 1. The number of aromatic amines is 1. The van der Waals surface area contributed by atoms with E-state index in [1.165, 1.54) is 7.11 Å². The molecule has 3 N–H and O–H groups in total. The second kappa shape index (κ2) is 7.23. The van der Waals surface area contributed by atoms with Crippen molar-refractivity contribution in [2.24, 2.45) is 5.73 Å². The van der Waals surface area contributed by atoms with E-state index in [1.54, 1.807) is 42.2 Å². The van der Waals surface area contributed by atoms with Gasteiger partial charge in [0.1, 0.15) is 16.7 Å². The molecule has 4 heterocycles. The summed E-state index contributed by atoms with van der Waals surface area (Å²) in [5.41, 5.74) is 5.30. The highest BCUT2D eigenvalue weighted by Crippen LogP contribution is 2.54. The first kappa shape index (κ1) is 20.3. The van der Waals surface area contributed by atoms with Crippen LogP contribution in [-0.4, -0.2) is 43.2 Å². The summed E-state index contributed by atoms with van der Waals surface area (Å²) >= 11 is 0. The summed E-state index contributed by atoms with van der Waals surface area (Å²) in [4.78, 5) is 44.8. The van der Waals surface area contributed by atoms with Crippen molar-refractivity contribution in [2.75, 3.05) is 25.2 Å². The van der Waals surface area contributed by atoms with E-state index in [0.717, 1.165) is 12.8 Å². The quantitative estimate of drug-likeness (QED) is 0.692. The number of hydrogen-bond acceptors (Lipinski definition) is 7. The van der Waals surface area contributed by atoms with Gasteiger partial charge in [0.25, 0.3) is 5.56 Å². The smallest absolute Gasteiger partial charge is 0.340 e. The number of amides is 1. The van der Waals surface area contributed by atoms with Crippen LogP contribution in [0.15, 0.2) is 46.6 Å². The Balaban J connectivity index is 1.83. The summed E-state index contributed by atoms with van der Waals surface area (Å²) in [7, 11) is 1.20. The van der Waals surface area contributed by atoms with Crippen molar-refractivity contribution in [1.82, 2.24) is 4.98 Å². The second-order valence-corrected chi connectivity index (χ2v) is 8.17. The van der Waals surface area contributed by atoms with Crippen LogP contribution in [0.5, 0.6) is 5.75 Å². The molecular formula is C23H23N3O6. The number of benzene rings is 1. The first-order valence-electron chi connectivity index (χ1n) is 10.4. The van der Waals surface area contributed by atoms with Crippen LogP contribution < -0.4 is 20.9 Å². The fourth-order valence-corrected chi connectivity index (χ4v) is 5.04. The molecule has 2 unspecified atom stereocenters. The van der Waals surface area contributed by atoms with Crippen molar-refractivity contribution in [1.29, 1.82) is 0 Å². The molecule has 5 rings (SSSR count). The lowest BCUT2D eigenvalue weighted by atomic mass is 9.68. The number of nitrogens with zero attached hydrogens (tertiary/aromatic N) is 1. The van der Waals surface area contributed by atoms with Crippen LogP contribution in [-0.2, 0) is 24.5 Å². The topological polar surface area (TPSA) is 124 Å². The van der Waals surface area contributed by atoms with Crippen molar-refractivity contribution in [3.63, 3.8) is 0 Å². The zero-order chi connectivity index (χ0) is 22.6. The number of hydrogen-bond donors (Lipinski definition) is 2. The maximum absolute atomic E-state index is 14.3. The molecule has 166 valence electrons. The fourth-order valence-electron chi connectivity index (χ4n) is 5.04. The van der Waals surface area contributed by atoms with Crippen LogP contribution in [0.1, 0.15) is 29.7 Å². The van der Waals surface area contributed by atoms with Gasteiger partial charge in [-0.3, -0.25) is 9.59 Å². The molecule has 2 aromatic rings. The molecule has 1 spiro atoms. The number of fused-ring (bicyclic) bond motifs is 4. The molecule has 0 radical (unpaired) electrons. The Kier molecular flexibility index (Phi) is 4.59. The molecular weight excluding hydrogens is 414 g/mol. The van der Waals surface area contributed by atoms with E-state index in [0.29, 0.717) is 30.1 Å². The number of methoxy groups -OCH3 is 1. The molecule has 9 nitrogen and oxygen atoms in total. The van der Waals surface area contributed by atoms with Gasteiger partial charge in [-0.05, 0) is 25.8 Å². The van der Waals surface area contributed by atoms with E-state index in [2.05, 4.69) is 4.98 Å². The van der Waals surface area contributed by atoms with Crippen LogP contribution >= 0.6 is 0 Å². The lowest BCUT2D eigenvalue weighted by Gasteiger charge is -2.35. The lowest BCUT2D eigenvalue weighted by Crippen LogP contribution is -2.52. The first-order chi connectivity index (χ1) is 15.4. The number of carbonyl (C=O) groups is 2. The summed E-state index contributed by atoms with van der Waals surface area (Å²) in [6, 6.07) is 8.68. The van der Waals surface area contributed by atoms with Gasteiger partial charge in [0.15, 0.2) is 0 Å². The van der Waals surface area contributed by atoms with Crippen LogP contribution in [0.3, 0.4) is 0 Å². The number of rotatable bonds is 3. The van der Waals surface area contributed by atoms with E-state index < -0.39 is 22.9 Å². The number of pyridine rings is 1. The Bertz CT molecular complexity index is 1230. The normalized spacial score (nSPS) is 23.9. The number of ether oxygens (including phenoxy) is 3. The van der Waals surface area contributed by atoms with Gasteiger partial charge in [-0.1, -0.05) is 18.2 Å². The largest absolute Gasteiger partial charge is 0.465 e. The highest BCUT2D eigenvalue weighted by molar-refractivity contribution is 6.18. The molecule has 3 aliphatic heterocycles. The predicted molar refractivity (Wildman–Crippen MR) is 114 cm³/mol. The van der Waals surface area contributed by atoms with Crippen LogP contribution in [0.25, 0.3) is 0 Å². The molecule has 1 aromatic heterocycles. The lowest BCUT2D eigenvalue weighted by molar-refractivity contribution is -0.138. The van der Waals surface area contributed by atoms with Crippen molar-refractivity contribution >= 4 is 17.6 Å². The third-order valence-corrected chi connectivity index (χ3v) is 6.31. The van der Waals surface area contributed by atoms with Gasteiger partial charge in [-0.15, -0.1) is 0 Å². The van der Waals surface area contributed by atoms with E-state index in [1.807, 2.05) is 0 Å². The highest BCUT2D eigenvalue weighted by atomic mass is 16.5. The fraction of sp³-hybridized carbons (Fsp3) is 0.348. The molecule has 2 atom stereocenters. The number of carbonyl (C=O) groups excluding carboxylic acids is 2. The van der Waals surface area contributed by atoms with Gasteiger partial charge in [0.2, 0.25) is 11.8 Å². The second-order valence-electron chi connectivity index (χ2n) is 8.17. The van der Waals surface area contributed by atoms with Crippen LogP contribution in [0.2, 0.25) is 0 Å². The minimum atomic E-state index is -1.79. The Labute approximate surface area is 183 Å². The Morgan fingerprint density at radius 1 is 1.34 bits per heavy atom. The van der Waals surface area contributed by atoms with Crippen molar-refractivity contribution in [3.8, 4) is 5.75 Å². The van der Waals surface area contributed by atoms with Crippen molar-refractivity contribution in [2.45, 2.75) is 31.3 Å². The maximum Gasteiger partial charge on any atom is 0.340 e. The standard InChI is InChI=1S/C23H23N3O6/c1-12-10-16-17(20(27)25-12)23(18(19(24)32-16)21(28)30-2)14-7-3-4-8-15(14)26(22(23)29)11-13-6-5-9-31-13/h3-4,7-8,10,13H,5-6,9,11,24H2,1-2H3,(H,25,27). The highest BCUT2D eigenvalue weighted by Gasteiger charge is 2.62. The summed E-state index contributed by atoms with van der Waals surface area (Å²) in [6.45, 7) is 2.63. The third kappa shape index (κ3) is 2.64. The summed E-state index contributed by atoms with van der Waals surface area (Å²) < 4.78 is 16.4. The number of H-pyrrole nitrogens is 1. The van der Waals surface area contributed by atoms with Gasteiger partial charge in [0.05, 0.1) is 25.3 Å². The Morgan fingerprint density at radius 2 is 2.12 bits per heavy atom. The average molecular weight is 437 g/mol. The average Bonchev–Trinajstić information content (AvgIpc) is 3.35. The molecule has 1 aromatic carbocycles. The Morgan fingerprint density at radius 3 is 2.84 bits per heavy atom. The van der Waals surface area contributed by atoms with Gasteiger partial charge in [-0.2, -0.15) is 0 Å². The van der Waals surface area contributed by atoms with Crippen molar-refractivity contribution < 1.29 is 23.8 Å². The molecule has 1 amide bonds. The van der Waals surface area contributed by atoms with E-state index >= 15 is 0 Å².